The average Bonchev–Trinajstić information content (AvgIpc) is 2.36. The Morgan fingerprint density at radius 1 is 1.30 bits per heavy atom. The second-order valence-corrected chi connectivity index (χ2v) is 5.65. The van der Waals surface area contributed by atoms with Gasteiger partial charge in [0, 0.05) is 19.6 Å². The first kappa shape index (κ1) is 15.0. The van der Waals surface area contributed by atoms with Crippen LogP contribution in [0.3, 0.4) is 0 Å². The van der Waals surface area contributed by atoms with Crippen LogP contribution in [0.4, 0.5) is 0 Å². The third-order valence-electron chi connectivity index (χ3n) is 3.60. The minimum Gasteiger partial charge on any atom is -0.373 e. The van der Waals surface area contributed by atoms with Crippen LogP contribution in [0.25, 0.3) is 0 Å². The average molecular weight is 276 g/mol. The Hall–Kier alpha value is -1.39. The number of carbonyl (C=O) groups excluding carboxylic acids is 1. The van der Waals surface area contributed by atoms with Gasteiger partial charge in [0.25, 0.3) is 0 Å². The van der Waals surface area contributed by atoms with Gasteiger partial charge in [0.1, 0.15) is 0 Å². The Labute approximate surface area is 121 Å². The molecule has 1 saturated heterocycles. The normalized spacial score (nSPS) is 23.6. The summed E-state index contributed by atoms with van der Waals surface area (Å²) < 4.78 is 5.67. The van der Waals surface area contributed by atoms with Gasteiger partial charge in [0.05, 0.1) is 18.8 Å². The highest BCUT2D eigenvalue weighted by atomic mass is 16.5. The highest BCUT2D eigenvalue weighted by Gasteiger charge is 2.23. The quantitative estimate of drug-likeness (QED) is 0.910. The van der Waals surface area contributed by atoms with E-state index in [-0.39, 0.29) is 18.1 Å². The van der Waals surface area contributed by atoms with Gasteiger partial charge in [-0.1, -0.05) is 24.3 Å². The maximum atomic E-state index is 12.0. The van der Waals surface area contributed by atoms with Gasteiger partial charge >= 0.3 is 0 Å². The van der Waals surface area contributed by atoms with E-state index in [4.69, 9.17) is 4.74 Å². The van der Waals surface area contributed by atoms with E-state index in [2.05, 4.69) is 29.3 Å². The van der Waals surface area contributed by atoms with E-state index >= 15 is 0 Å². The number of nitrogens with zero attached hydrogens (tertiary/aromatic N) is 1. The van der Waals surface area contributed by atoms with Crippen LogP contribution in [0.1, 0.15) is 25.0 Å². The molecule has 1 aliphatic rings. The minimum absolute atomic E-state index is 0.0783. The number of benzene rings is 1. The SMILES string of the molecule is Cc1ccccc1CNC(=O)CN1C[C@H](C)O[C@@H](C)C1. The monoisotopic (exact) mass is 276 g/mol. The summed E-state index contributed by atoms with van der Waals surface area (Å²) in [6.07, 6.45) is 0.394. The first-order valence-electron chi connectivity index (χ1n) is 7.23. The zero-order valence-corrected chi connectivity index (χ0v) is 12.6. The predicted octanol–water partition coefficient (Wildman–Crippen LogP) is 1.72. The molecular weight excluding hydrogens is 252 g/mol. The molecule has 4 heteroatoms. The first-order valence-corrected chi connectivity index (χ1v) is 7.23. The molecule has 4 nitrogen and oxygen atoms in total. The molecule has 2 rings (SSSR count). The van der Waals surface area contributed by atoms with Crippen molar-refractivity contribution >= 4 is 5.91 Å². The maximum absolute atomic E-state index is 12.0. The van der Waals surface area contributed by atoms with Crippen LogP contribution in [-0.2, 0) is 16.1 Å². The van der Waals surface area contributed by atoms with Crippen molar-refractivity contribution in [3.8, 4) is 0 Å². The summed E-state index contributed by atoms with van der Waals surface area (Å²) in [6, 6.07) is 8.12. The van der Waals surface area contributed by atoms with Gasteiger partial charge in [-0.05, 0) is 31.9 Å². The van der Waals surface area contributed by atoms with Crippen molar-refractivity contribution in [1.29, 1.82) is 0 Å². The lowest BCUT2D eigenvalue weighted by molar-refractivity contribution is -0.126. The van der Waals surface area contributed by atoms with Gasteiger partial charge in [-0.25, -0.2) is 0 Å². The molecule has 0 radical (unpaired) electrons. The molecule has 1 aromatic rings. The third kappa shape index (κ3) is 4.32. The summed E-state index contributed by atoms with van der Waals surface area (Å²) in [5, 5.41) is 3.00. The van der Waals surface area contributed by atoms with Crippen LogP contribution in [0.5, 0.6) is 0 Å². The Balaban J connectivity index is 1.79. The van der Waals surface area contributed by atoms with Crippen molar-refractivity contribution in [2.75, 3.05) is 19.6 Å². The van der Waals surface area contributed by atoms with E-state index in [1.807, 2.05) is 26.0 Å². The van der Waals surface area contributed by atoms with E-state index in [9.17, 15) is 4.79 Å². The summed E-state index contributed by atoms with van der Waals surface area (Å²) >= 11 is 0. The molecule has 1 N–H and O–H groups in total. The fourth-order valence-electron chi connectivity index (χ4n) is 2.67. The molecule has 0 bridgehead atoms. The van der Waals surface area contributed by atoms with Gasteiger partial charge in [0.15, 0.2) is 0 Å². The number of amides is 1. The van der Waals surface area contributed by atoms with Gasteiger partial charge in [0.2, 0.25) is 5.91 Å². The van der Waals surface area contributed by atoms with Crippen LogP contribution in [-0.4, -0.2) is 42.6 Å². The van der Waals surface area contributed by atoms with Crippen LogP contribution in [0, 0.1) is 6.92 Å². The van der Waals surface area contributed by atoms with Crippen molar-refractivity contribution in [2.45, 2.75) is 39.5 Å². The molecule has 0 aromatic heterocycles. The number of ether oxygens (including phenoxy) is 1. The lowest BCUT2D eigenvalue weighted by atomic mass is 10.1. The Morgan fingerprint density at radius 2 is 1.95 bits per heavy atom. The molecule has 110 valence electrons. The van der Waals surface area contributed by atoms with Crippen molar-refractivity contribution in [3.63, 3.8) is 0 Å². The molecular formula is C16H24N2O2. The number of rotatable bonds is 4. The number of hydrogen-bond acceptors (Lipinski definition) is 3. The lowest BCUT2D eigenvalue weighted by Gasteiger charge is -2.34. The van der Waals surface area contributed by atoms with Crippen molar-refractivity contribution in [3.05, 3.63) is 35.4 Å². The largest absolute Gasteiger partial charge is 0.373 e. The number of hydrogen-bond donors (Lipinski definition) is 1. The minimum atomic E-state index is 0.0783. The van der Waals surface area contributed by atoms with Gasteiger partial charge in [-0.15, -0.1) is 0 Å². The summed E-state index contributed by atoms with van der Waals surface area (Å²) in [7, 11) is 0. The highest BCUT2D eigenvalue weighted by molar-refractivity contribution is 5.78. The second kappa shape index (κ2) is 6.86. The highest BCUT2D eigenvalue weighted by Crippen LogP contribution is 2.10. The predicted molar refractivity (Wildman–Crippen MR) is 79.5 cm³/mol. The molecule has 0 unspecified atom stereocenters. The van der Waals surface area contributed by atoms with E-state index in [0.29, 0.717) is 13.1 Å². The van der Waals surface area contributed by atoms with E-state index in [0.717, 1.165) is 13.1 Å². The van der Waals surface area contributed by atoms with Gasteiger partial charge < -0.3 is 10.1 Å². The van der Waals surface area contributed by atoms with E-state index in [1.165, 1.54) is 11.1 Å². The number of aryl methyl sites for hydroxylation is 1. The van der Waals surface area contributed by atoms with Gasteiger partial charge in [-0.2, -0.15) is 0 Å². The zero-order valence-electron chi connectivity index (χ0n) is 12.6. The molecule has 1 heterocycles. The molecule has 0 aliphatic carbocycles. The van der Waals surface area contributed by atoms with Gasteiger partial charge in [-0.3, -0.25) is 9.69 Å². The second-order valence-electron chi connectivity index (χ2n) is 5.65. The van der Waals surface area contributed by atoms with Crippen LogP contribution in [0.15, 0.2) is 24.3 Å². The standard InChI is InChI=1S/C16H24N2O2/c1-12-6-4-5-7-15(12)8-17-16(19)11-18-9-13(2)20-14(3)10-18/h4-7,13-14H,8-11H2,1-3H3,(H,17,19)/t13-,14-/m0/s1. The van der Waals surface area contributed by atoms with Crippen molar-refractivity contribution in [1.82, 2.24) is 10.2 Å². The molecule has 1 fully saturated rings. The fraction of sp³-hybridized carbons (Fsp3) is 0.562. The lowest BCUT2D eigenvalue weighted by Crippen LogP contribution is -2.49. The topological polar surface area (TPSA) is 41.6 Å². The molecule has 0 spiro atoms. The molecule has 1 aliphatic heterocycles. The number of carbonyl (C=O) groups is 1. The Kier molecular flexibility index (Phi) is 5.15. The molecule has 2 atom stereocenters. The molecule has 1 amide bonds. The third-order valence-corrected chi connectivity index (χ3v) is 3.60. The summed E-state index contributed by atoms with van der Waals surface area (Å²) in [5.41, 5.74) is 2.38. The first-order chi connectivity index (χ1) is 9.54. The smallest absolute Gasteiger partial charge is 0.234 e. The van der Waals surface area contributed by atoms with Crippen molar-refractivity contribution < 1.29 is 9.53 Å². The van der Waals surface area contributed by atoms with Crippen LogP contribution in [0.2, 0.25) is 0 Å². The summed E-state index contributed by atoms with van der Waals surface area (Å²) in [4.78, 5) is 14.2. The molecule has 0 saturated carbocycles. The molecule has 20 heavy (non-hydrogen) atoms. The molecule has 1 aromatic carbocycles. The maximum Gasteiger partial charge on any atom is 0.234 e. The van der Waals surface area contributed by atoms with Crippen molar-refractivity contribution in [2.24, 2.45) is 0 Å². The summed E-state index contributed by atoms with van der Waals surface area (Å²) in [6.45, 7) is 8.85. The Bertz CT molecular complexity index is 452. The van der Waals surface area contributed by atoms with E-state index in [1.54, 1.807) is 0 Å². The Morgan fingerprint density at radius 3 is 2.60 bits per heavy atom. The zero-order chi connectivity index (χ0) is 14.5. The van der Waals surface area contributed by atoms with Crippen LogP contribution >= 0.6 is 0 Å². The number of morpholine rings is 1. The summed E-state index contributed by atoms with van der Waals surface area (Å²) in [5.74, 6) is 0.0783. The fourth-order valence-corrected chi connectivity index (χ4v) is 2.67. The number of nitrogens with one attached hydrogen (secondary N) is 1. The van der Waals surface area contributed by atoms with E-state index < -0.39 is 0 Å². The van der Waals surface area contributed by atoms with Crippen LogP contribution < -0.4 is 5.32 Å².